The molecule has 0 aromatic carbocycles. The number of aromatic nitrogens is 4. The summed E-state index contributed by atoms with van der Waals surface area (Å²) < 4.78 is 0. The molecule has 3 rings (SSSR count). The molecule has 0 bridgehead atoms. The second kappa shape index (κ2) is 5.78. The molecule has 1 aliphatic rings. The SMILES string of the molecule is O=C(Nc1nncs1)N1CCN(c2cnccn2)CC1. The van der Waals surface area contributed by atoms with Gasteiger partial charge in [-0.15, -0.1) is 10.2 Å². The van der Waals surface area contributed by atoms with Crippen LogP contribution in [0.3, 0.4) is 0 Å². The summed E-state index contributed by atoms with van der Waals surface area (Å²) in [6, 6.07) is -0.138. The van der Waals surface area contributed by atoms with Gasteiger partial charge in [-0.25, -0.2) is 9.78 Å². The molecule has 2 aromatic rings. The van der Waals surface area contributed by atoms with Crippen molar-refractivity contribution >= 4 is 28.3 Å². The van der Waals surface area contributed by atoms with Gasteiger partial charge in [0.1, 0.15) is 11.3 Å². The molecule has 1 N–H and O–H groups in total. The van der Waals surface area contributed by atoms with E-state index in [-0.39, 0.29) is 6.03 Å². The Morgan fingerprint density at radius 1 is 1.25 bits per heavy atom. The number of hydrogen-bond acceptors (Lipinski definition) is 7. The molecule has 8 nitrogen and oxygen atoms in total. The molecular weight excluding hydrogens is 278 g/mol. The van der Waals surface area contributed by atoms with E-state index in [0.717, 1.165) is 18.9 Å². The molecule has 1 aliphatic heterocycles. The van der Waals surface area contributed by atoms with Crippen molar-refractivity contribution < 1.29 is 4.79 Å². The lowest BCUT2D eigenvalue weighted by molar-refractivity contribution is 0.208. The molecule has 0 unspecified atom stereocenters. The van der Waals surface area contributed by atoms with Crippen LogP contribution in [-0.4, -0.2) is 57.3 Å². The number of carbonyl (C=O) groups is 1. The number of piperazine rings is 1. The average molecular weight is 291 g/mol. The van der Waals surface area contributed by atoms with Crippen LogP contribution in [0.4, 0.5) is 15.7 Å². The fraction of sp³-hybridized carbons (Fsp3) is 0.364. The highest BCUT2D eigenvalue weighted by Crippen LogP contribution is 2.13. The van der Waals surface area contributed by atoms with Gasteiger partial charge in [-0.2, -0.15) is 0 Å². The summed E-state index contributed by atoms with van der Waals surface area (Å²) in [7, 11) is 0. The first kappa shape index (κ1) is 12.7. The Labute approximate surface area is 119 Å². The van der Waals surface area contributed by atoms with Crippen LogP contribution in [-0.2, 0) is 0 Å². The Hall–Kier alpha value is -2.29. The van der Waals surface area contributed by atoms with Crippen LogP contribution in [0.25, 0.3) is 0 Å². The standard InChI is InChI=1S/C11H13N7OS/c19-11(15-10-16-14-8-20-10)18-5-3-17(4-6-18)9-7-12-1-2-13-9/h1-2,7-8H,3-6H2,(H,15,16,19). The summed E-state index contributed by atoms with van der Waals surface area (Å²) in [6.45, 7) is 2.76. The third-order valence-corrected chi connectivity index (χ3v) is 3.62. The van der Waals surface area contributed by atoms with Crippen molar-refractivity contribution in [2.45, 2.75) is 0 Å². The van der Waals surface area contributed by atoms with E-state index in [1.807, 2.05) is 0 Å². The zero-order chi connectivity index (χ0) is 13.8. The van der Waals surface area contributed by atoms with E-state index >= 15 is 0 Å². The van der Waals surface area contributed by atoms with E-state index in [1.54, 1.807) is 29.0 Å². The highest BCUT2D eigenvalue weighted by atomic mass is 32.1. The smallest absolute Gasteiger partial charge is 0.323 e. The van der Waals surface area contributed by atoms with Crippen molar-refractivity contribution in [2.75, 3.05) is 36.4 Å². The van der Waals surface area contributed by atoms with Gasteiger partial charge in [-0.05, 0) is 0 Å². The minimum atomic E-state index is -0.138. The second-order valence-electron chi connectivity index (χ2n) is 4.21. The number of nitrogens with zero attached hydrogens (tertiary/aromatic N) is 6. The van der Waals surface area contributed by atoms with E-state index in [4.69, 9.17) is 0 Å². The maximum Gasteiger partial charge on any atom is 0.323 e. The molecule has 0 aliphatic carbocycles. The molecule has 0 atom stereocenters. The summed E-state index contributed by atoms with van der Waals surface area (Å²) in [6.07, 6.45) is 5.05. The fourth-order valence-electron chi connectivity index (χ4n) is 1.99. The fourth-order valence-corrected chi connectivity index (χ4v) is 2.43. The van der Waals surface area contributed by atoms with Gasteiger partial charge in [0.25, 0.3) is 0 Å². The van der Waals surface area contributed by atoms with Crippen molar-refractivity contribution in [3.05, 3.63) is 24.1 Å². The summed E-state index contributed by atoms with van der Waals surface area (Å²) in [5.74, 6) is 0.844. The third kappa shape index (κ3) is 2.82. The molecule has 0 radical (unpaired) electrons. The number of rotatable bonds is 2. The minimum absolute atomic E-state index is 0.138. The number of urea groups is 1. The van der Waals surface area contributed by atoms with E-state index in [2.05, 4.69) is 30.4 Å². The van der Waals surface area contributed by atoms with Gasteiger partial charge in [0.05, 0.1) is 6.20 Å². The van der Waals surface area contributed by atoms with Crippen LogP contribution >= 0.6 is 11.3 Å². The number of hydrogen-bond donors (Lipinski definition) is 1. The highest BCUT2D eigenvalue weighted by molar-refractivity contribution is 7.13. The molecule has 104 valence electrons. The first-order chi connectivity index (χ1) is 9.83. The maximum absolute atomic E-state index is 12.0. The monoisotopic (exact) mass is 291 g/mol. The zero-order valence-electron chi connectivity index (χ0n) is 10.6. The Morgan fingerprint density at radius 3 is 2.75 bits per heavy atom. The van der Waals surface area contributed by atoms with Gasteiger partial charge in [0, 0.05) is 38.6 Å². The Kier molecular flexibility index (Phi) is 3.68. The van der Waals surface area contributed by atoms with Gasteiger partial charge in [-0.1, -0.05) is 11.3 Å². The van der Waals surface area contributed by atoms with Gasteiger partial charge in [-0.3, -0.25) is 10.3 Å². The average Bonchev–Trinajstić information content (AvgIpc) is 3.01. The zero-order valence-corrected chi connectivity index (χ0v) is 11.5. The molecule has 1 saturated heterocycles. The van der Waals surface area contributed by atoms with Crippen molar-refractivity contribution in [1.82, 2.24) is 25.1 Å². The van der Waals surface area contributed by atoms with Gasteiger partial charge < -0.3 is 9.80 Å². The lowest BCUT2D eigenvalue weighted by atomic mass is 10.3. The number of amides is 2. The Morgan fingerprint density at radius 2 is 2.10 bits per heavy atom. The van der Waals surface area contributed by atoms with Crippen molar-refractivity contribution in [3.8, 4) is 0 Å². The molecule has 1 fully saturated rings. The number of carbonyl (C=O) groups excluding carboxylic acids is 1. The van der Waals surface area contributed by atoms with Crippen LogP contribution in [0.15, 0.2) is 24.1 Å². The van der Waals surface area contributed by atoms with Gasteiger partial charge in [0.15, 0.2) is 0 Å². The summed E-state index contributed by atoms with van der Waals surface area (Å²) in [5, 5.41) is 10.7. The molecular formula is C11H13N7OS. The molecule has 20 heavy (non-hydrogen) atoms. The first-order valence-electron chi connectivity index (χ1n) is 6.16. The molecule has 2 aromatic heterocycles. The second-order valence-corrected chi connectivity index (χ2v) is 5.04. The highest BCUT2D eigenvalue weighted by Gasteiger charge is 2.22. The first-order valence-corrected chi connectivity index (χ1v) is 7.04. The minimum Gasteiger partial charge on any atom is -0.352 e. The van der Waals surface area contributed by atoms with E-state index < -0.39 is 0 Å². The quantitative estimate of drug-likeness (QED) is 0.875. The number of anilines is 2. The normalized spacial score (nSPS) is 15.2. The number of nitrogens with one attached hydrogen (secondary N) is 1. The van der Waals surface area contributed by atoms with E-state index in [9.17, 15) is 4.79 Å². The molecule has 2 amide bonds. The van der Waals surface area contributed by atoms with Crippen molar-refractivity contribution in [1.29, 1.82) is 0 Å². The van der Waals surface area contributed by atoms with Crippen LogP contribution in [0.2, 0.25) is 0 Å². The lowest BCUT2D eigenvalue weighted by Gasteiger charge is -2.34. The Balaban J connectivity index is 1.54. The maximum atomic E-state index is 12.0. The van der Waals surface area contributed by atoms with E-state index in [0.29, 0.717) is 18.2 Å². The van der Waals surface area contributed by atoms with Crippen molar-refractivity contribution in [3.63, 3.8) is 0 Å². The molecule has 3 heterocycles. The van der Waals surface area contributed by atoms with E-state index in [1.165, 1.54) is 11.3 Å². The predicted molar refractivity (Wildman–Crippen MR) is 74.7 cm³/mol. The predicted octanol–water partition coefficient (Wildman–Crippen LogP) is 0.682. The van der Waals surface area contributed by atoms with Crippen molar-refractivity contribution in [2.24, 2.45) is 0 Å². The largest absolute Gasteiger partial charge is 0.352 e. The van der Waals surface area contributed by atoms with Gasteiger partial charge in [0.2, 0.25) is 5.13 Å². The summed E-state index contributed by atoms with van der Waals surface area (Å²) in [4.78, 5) is 24.2. The molecule has 0 saturated carbocycles. The third-order valence-electron chi connectivity index (χ3n) is 3.01. The van der Waals surface area contributed by atoms with Gasteiger partial charge >= 0.3 is 6.03 Å². The lowest BCUT2D eigenvalue weighted by Crippen LogP contribution is -2.50. The summed E-state index contributed by atoms with van der Waals surface area (Å²) >= 11 is 1.30. The Bertz CT molecular complexity index is 553. The molecule has 9 heteroatoms. The molecule has 0 spiro atoms. The van der Waals surface area contributed by atoms with Crippen LogP contribution in [0.5, 0.6) is 0 Å². The van der Waals surface area contributed by atoms with Crippen LogP contribution in [0, 0.1) is 0 Å². The van der Waals surface area contributed by atoms with Crippen LogP contribution in [0.1, 0.15) is 0 Å². The summed E-state index contributed by atoms with van der Waals surface area (Å²) in [5.41, 5.74) is 1.58. The van der Waals surface area contributed by atoms with Crippen LogP contribution < -0.4 is 10.2 Å². The topological polar surface area (TPSA) is 87.1 Å².